The van der Waals surface area contributed by atoms with Gasteiger partial charge in [0, 0.05) is 60.1 Å². The number of fused-ring (bicyclic) bond motifs is 10. The van der Waals surface area contributed by atoms with E-state index in [2.05, 4.69) is 47.2 Å². The standard InChI is InChI=1S/C40H56N6O8.C39H55N7O8/c1-39(2,3)42-31(38(50)54-40(4,5)6)18-9-8-10-20-35(49)53-22-21-46-37-30-17-13-14-19-32(30)45(34(48)25-41-33(47)27-52-24-23-51-7)26-28-15-11-12-16-29(28)36(37)43-44-46;1-38(2,3)42-30(36(49)54-39(4,5)6)17-12-13-19-40-37(50)53-21-20-46-35-28-15-9-8-14-27(28)25-45(31-18-11-10-16-29(31)34(35)43-44-46)33(48)24-41-32(47)26-52-23-22-51-7/h11-17,19,31,42H,8-10,18,20-27H2,1-7H3,(H,41,47);8-11,14-16,18,30,42H,12-13,17,19-26H2,1-7H3,(H,40,50)(H,41,47)/p+1. The highest BCUT2D eigenvalue weighted by atomic mass is 16.6. The summed E-state index contributed by atoms with van der Waals surface area (Å²) in [6.07, 6.45) is 4.39. The van der Waals surface area contributed by atoms with Crippen molar-refractivity contribution in [1.82, 2.24) is 51.9 Å². The van der Waals surface area contributed by atoms with Gasteiger partial charge in [0.15, 0.2) is 0 Å². The van der Waals surface area contributed by atoms with Gasteiger partial charge in [0.05, 0.1) is 81.8 Å². The summed E-state index contributed by atoms with van der Waals surface area (Å²) in [4.78, 5) is 106. The zero-order valence-corrected chi connectivity index (χ0v) is 65.3. The lowest BCUT2D eigenvalue weighted by molar-refractivity contribution is -0.744. The van der Waals surface area contributed by atoms with Crippen molar-refractivity contribution in [3.8, 4) is 45.0 Å². The molecule has 0 spiro atoms. The maximum absolute atomic E-state index is 13.7. The van der Waals surface area contributed by atoms with E-state index in [1.165, 1.54) is 0 Å². The molecule has 0 saturated carbocycles. The Morgan fingerprint density at radius 2 is 1.02 bits per heavy atom. The van der Waals surface area contributed by atoms with E-state index in [1.54, 1.807) is 28.7 Å². The quantitative estimate of drug-likeness (QED) is 0.00939. The SMILES string of the molecule is COCCOCC(=O)NCC(=O)N1Cc2ccccc2-c2c(nnn2CCOC(=O)NCCCCC(NC(C)(C)C)C(=O)OC(C)(C)C)-c2ccccc21.COCCOCC(=O)NCC(=O)N1Cc2ccccc2-c2n[nH][n+](CCOC(=O)CCCCCC(NC(C)(C)C)C(=O)OC(C)(C)C)c2-c2ccccc21. The van der Waals surface area contributed by atoms with Gasteiger partial charge in [-0.05, 0) is 151 Å². The first-order valence-electron chi connectivity index (χ1n) is 37.0. The molecule has 0 radical (unpaired) electrons. The lowest BCUT2D eigenvalue weighted by Gasteiger charge is -2.30. The van der Waals surface area contributed by atoms with E-state index < -0.39 is 41.2 Å². The van der Waals surface area contributed by atoms with Crippen molar-refractivity contribution in [1.29, 1.82) is 0 Å². The number of hydrogen-bond donors (Lipinski definition) is 6. The molecular formula is C79H112N13O16+. The number of aromatic amines is 1. The van der Waals surface area contributed by atoms with E-state index in [0.29, 0.717) is 86.7 Å². The maximum Gasteiger partial charge on any atom is 0.407 e. The largest absolute Gasteiger partial charge is 0.461 e. The summed E-state index contributed by atoms with van der Waals surface area (Å²) < 4.78 is 46.3. The third-order valence-corrected chi connectivity index (χ3v) is 16.7. The Bertz CT molecular complexity index is 3960. The van der Waals surface area contributed by atoms with Gasteiger partial charge in [0.25, 0.3) is 5.69 Å². The molecule has 8 rings (SSSR count). The number of rotatable bonds is 35. The lowest BCUT2D eigenvalue weighted by Crippen LogP contribution is -2.49. The van der Waals surface area contributed by atoms with Gasteiger partial charge in [-0.1, -0.05) is 96.1 Å². The van der Waals surface area contributed by atoms with Crippen LogP contribution in [0.15, 0.2) is 97.1 Å². The van der Waals surface area contributed by atoms with Crippen molar-refractivity contribution in [3.05, 3.63) is 108 Å². The van der Waals surface area contributed by atoms with Crippen LogP contribution in [0.3, 0.4) is 0 Å². The van der Waals surface area contributed by atoms with Crippen molar-refractivity contribution >= 4 is 59.0 Å². The summed E-state index contributed by atoms with van der Waals surface area (Å²) in [5.74, 6) is -2.25. The second-order valence-electron chi connectivity index (χ2n) is 30.4. The molecule has 6 N–H and O–H groups in total. The molecule has 588 valence electrons. The van der Waals surface area contributed by atoms with Crippen LogP contribution in [0.5, 0.6) is 0 Å². The van der Waals surface area contributed by atoms with Gasteiger partial charge in [-0.2, -0.15) is 4.68 Å². The Morgan fingerprint density at radius 1 is 0.528 bits per heavy atom. The van der Waals surface area contributed by atoms with Crippen LogP contribution in [0.1, 0.15) is 146 Å². The normalized spacial score (nSPS) is 13.1. The van der Waals surface area contributed by atoms with Crippen molar-refractivity contribution in [2.75, 3.05) is 96.5 Å². The molecule has 29 heteroatoms. The number of methoxy groups -OCH3 is 2. The van der Waals surface area contributed by atoms with Crippen LogP contribution in [0, 0.1) is 0 Å². The van der Waals surface area contributed by atoms with Gasteiger partial charge in [0.2, 0.25) is 29.3 Å². The fraction of sp³-hybridized carbons (Fsp3) is 0.544. The predicted molar refractivity (Wildman–Crippen MR) is 407 cm³/mol. The highest BCUT2D eigenvalue weighted by Crippen LogP contribution is 2.42. The Labute approximate surface area is 633 Å². The molecule has 2 aliphatic rings. The van der Waals surface area contributed by atoms with E-state index in [4.69, 9.17) is 37.9 Å². The number of para-hydroxylation sites is 2. The first kappa shape index (κ1) is 85.7. The number of amides is 5. The van der Waals surface area contributed by atoms with Crippen molar-refractivity contribution in [2.45, 2.75) is 195 Å². The Morgan fingerprint density at radius 3 is 1.56 bits per heavy atom. The number of esters is 3. The number of carbonyl (C=O) groups is 8. The fourth-order valence-electron chi connectivity index (χ4n) is 12.0. The van der Waals surface area contributed by atoms with Crippen LogP contribution in [0.2, 0.25) is 0 Å². The third kappa shape index (κ3) is 27.6. The second-order valence-corrected chi connectivity index (χ2v) is 30.4. The minimum absolute atomic E-state index is 0.0428. The number of H-pyrrole nitrogens is 1. The number of alkyl carbamates (subject to hydrolysis) is 1. The Kier molecular flexibility index (Phi) is 32.7. The minimum Gasteiger partial charge on any atom is -0.461 e. The number of benzene rings is 4. The lowest BCUT2D eigenvalue weighted by atomic mass is 9.95. The molecule has 4 aromatic carbocycles. The molecule has 6 aromatic rings. The van der Waals surface area contributed by atoms with E-state index in [9.17, 15) is 38.4 Å². The third-order valence-electron chi connectivity index (χ3n) is 16.7. The summed E-state index contributed by atoms with van der Waals surface area (Å²) in [5, 5.41) is 31.6. The predicted octanol–water partition coefficient (Wildman–Crippen LogP) is 8.48. The van der Waals surface area contributed by atoms with Crippen molar-refractivity contribution < 1.29 is 80.9 Å². The van der Waals surface area contributed by atoms with E-state index in [1.807, 2.05) is 185 Å². The first-order valence-corrected chi connectivity index (χ1v) is 37.0. The molecule has 2 aromatic heterocycles. The van der Waals surface area contributed by atoms with Crippen molar-refractivity contribution in [2.24, 2.45) is 0 Å². The van der Waals surface area contributed by atoms with Crippen LogP contribution < -0.4 is 41.1 Å². The monoisotopic (exact) mass is 1500 g/mol. The highest BCUT2D eigenvalue weighted by Gasteiger charge is 2.36. The fourth-order valence-corrected chi connectivity index (χ4v) is 12.0. The second kappa shape index (κ2) is 41.2. The van der Waals surface area contributed by atoms with Gasteiger partial charge in [0.1, 0.15) is 62.0 Å². The number of hydrogen-bond acceptors (Lipinski definition) is 21. The number of ether oxygens (including phenoxy) is 8. The molecule has 29 nitrogen and oxygen atoms in total. The number of nitrogens with zero attached hydrogens (tertiary/aromatic N) is 7. The van der Waals surface area contributed by atoms with Crippen molar-refractivity contribution in [3.63, 3.8) is 0 Å². The summed E-state index contributed by atoms with van der Waals surface area (Å²) in [7, 11) is 3.10. The zero-order chi connectivity index (χ0) is 78.6. The number of aromatic nitrogens is 6. The van der Waals surface area contributed by atoms with Crippen LogP contribution in [-0.2, 0) is 97.6 Å². The molecule has 0 saturated heterocycles. The van der Waals surface area contributed by atoms with E-state index in [0.717, 1.165) is 52.0 Å². The zero-order valence-electron chi connectivity index (χ0n) is 65.3. The van der Waals surface area contributed by atoms with E-state index in [-0.39, 0.29) is 120 Å². The summed E-state index contributed by atoms with van der Waals surface area (Å²) >= 11 is 0. The van der Waals surface area contributed by atoms with Crippen LogP contribution in [0.25, 0.3) is 45.0 Å². The number of nitrogens with one attached hydrogen (secondary N) is 6. The topological polar surface area (TPSA) is 340 Å². The molecule has 4 heterocycles. The molecule has 2 unspecified atom stereocenters. The van der Waals surface area contributed by atoms with Gasteiger partial charge >= 0.3 is 24.0 Å². The minimum atomic E-state index is -0.581. The van der Waals surface area contributed by atoms with E-state index >= 15 is 0 Å². The van der Waals surface area contributed by atoms with Crippen LogP contribution in [0.4, 0.5) is 16.2 Å². The average molecular weight is 1500 g/mol. The van der Waals surface area contributed by atoms with Gasteiger partial charge in [-0.15, -0.1) is 5.10 Å². The average Bonchev–Trinajstić information content (AvgIpc) is 1.52. The number of anilines is 2. The smallest absolute Gasteiger partial charge is 0.407 e. The molecule has 108 heavy (non-hydrogen) atoms. The van der Waals surface area contributed by atoms with Gasteiger partial charge < -0.3 is 63.6 Å². The molecule has 0 bridgehead atoms. The summed E-state index contributed by atoms with van der Waals surface area (Å²) in [6.45, 7) is 25.2. The molecule has 5 amide bonds. The molecule has 2 atom stereocenters. The number of carbonyl (C=O) groups excluding carboxylic acids is 8. The summed E-state index contributed by atoms with van der Waals surface area (Å²) in [6, 6.07) is 29.5. The molecule has 0 aliphatic carbocycles. The van der Waals surface area contributed by atoms with Gasteiger partial charge in [-0.25, -0.2) is 9.48 Å². The molecule has 2 aliphatic heterocycles. The first-order chi connectivity index (χ1) is 51.3. The number of unbranched alkanes of at least 4 members (excludes halogenated alkanes) is 3. The Hall–Kier alpha value is -9.52. The Balaban J connectivity index is 0.000000301. The van der Waals surface area contributed by atoms with Gasteiger partial charge in [-0.3, -0.25) is 44.2 Å². The van der Waals surface area contributed by atoms with Crippen LogP contribution >= 0.6 is 0 Å². The molecular weight excluding hydrogens is 1390 g/mol. The molecule has 0 fully saturated rings. The summed E-state index contributed by atoms with van der Waals surface area (Å²) in [5.41, 5.74) is 7.24. The maximum atomic E-state index is 13.7. The van der Waals surface area contributed by atoms with Crippen LogP contribution in [-0.4, -0.2) is 194 Å². The highest BCUT2D eigenvalue weighted by molar-refractivity contribution is 6.03.